The van der Waals surface area contributed by atoms with Crippen LogP contribution in [0.25, 0.3) is 0 Å². The van der Waals surface area contributed by atoms with Gasteiger partial charge in [0.15, 0.2) is 0 Å². The fourth-order valence-corrected chi connectivity index (χ4v) is 2.45. The molecule has 0 saturated carbocycles. The Labute approximate surface area is 120 Å². The normalized spacial score (nSPS) is 16.4. The monoisotopic (exact) mass is 292 g/mol. The highest BCUT2D eigenvalue weighted by atomic mass is 35.5. The van der Waals surface area contributed by atoms with Crippen LogP contribution in [0.2, 0.25) is 0 Å². The highest BCUT2D eigenvalue weighted by molar-refractivity contribution is 6.20. The minimum Gasteiger partial charge on any atom is -0.481 e. The standard InChI is InChI=1S/C14H25ClO4/c1-3-12(10-19-18)13(11(2)15)8-6-4-5-7-9-14(16)17/h4,6,11-13,18H,3,5,7-10H2,1-2H3,(H,16,17)/b6-4-/t11-,12-,13+/m1/s1. The molecule has 0 aliphatic heterocycles. The van der Waals surface area contributed by atoms with Crippen LogP contribution in [0, 0.1) is 11.8 Å². The molecule has 0 aromatic carbocycles. The van der Waals surface area contributed by atoms with Gasteiger partial charge in [0.25, 0.3) is 0 Å². The second-order valence-electron chi connectivity index (χ2n) is 4.80. The van der Waals surface area contributed by atoms with Gasteiger partial charge >= 0.3 is 5.97 Å². The summed E-state index contributed by atoms with van der Waals surface area (Å²) in [6, 6.07) is 0. The van der Waals surface area contributed by atoms with E-state index >= 15 is 0 Å². The number of carboxylic acids is 1. The van der Waals surface area contributed by atoms with Gasteiger partial charge in [-0.05, 0) is 38.0 Å². The first-order chi connectivity index (χ1) is 9.02. The lowest BCUT2D eigenvalue weighted by molar-refractivity contribution is -0.254. The lowest BCUT2D eigenvalue weighted by atomic mass is 9.85. The van der Waals surface area contributed by atoms with Crippen LogP contribution in [0.3, 0.4) is 0 Å². The third-order valence-electron chi connectivity index (χ3n) is 3.34. The number of halogens is 1. The van der Waals surface area contributed by atoms with Crippen molar-refractivity contribution < 1.29 is 20.0 Å². The molecule has 2 N–H and O–H groups in total. The predicted molar refractivity (Wildman–Crippen MR) is 76.4 cm³/mol. The third-order valence-corrected chi connectivity index (χ3v) is 3.67. The van der Waals surface area contributed by atoms with Crippen LogP contribution in [0.1, 0.15) is 46.0 Å². The Morgan fingerprint density at radius 3 is 2.58 bits per heavy atom. The second-order valence-corrected chi connectivity index (χ2v) is 5.49. The van der Waals surface area contributed by atoms with Crippen molar-refractivity contribution in [2.75, 3.05) is 6.61 Å². The van der Waals surface area contributed by atoms with Gasteiger partial charge in [0.05, 0.1) is 6.61 Å². The van der Waals surface area contributed by atoms with Crippen LogP contribution in [0.5, 0.6) is 0 Å². The predicted octanol–water partition coefficient (Wildman–Crippen LogP) is 3.95. The minimum absolute atomic E-state index is 0.00349. The maximum Gasteiger partial charge on any atom is 0.303 e. The average molecular weight is 293 g/mol. The van der Waals surface area contributed by atoms with E-state index in [2.05, 4.69) is 4.89 Å². The Morgan fingerprint density at radius 1 is 1.42 bits per heavy atom. The summed E-state index contributed by atoms with van der Waals surface area (Å²) >= 11 is 6.19. The Bertz CT molecular complexity index is 266. The number of carbonyl (C=O) groups is 1. The summed E-state index contributed by atoms with van der Waals surface area (Å²) in [5.41, 5.74) is 0. The van der Waals surface area contributed by atoms with Crippen LogP contribution in [0.4, 0.5) is 0 Å². The van der Waals surface area contributed by atoms with Gasteiger partial charge in [0, 0.05) is 11.8 Å². The lowest BCUT2D eigenvalue weighted by Gasteiger charge is -2.26. The zero-order chi connectivity index (χ0) is 14.7. The molecule has 0 aliphatic rings. The number of unbranched alkanes of at least 4 members (excludes halogenated alkanes) is 1. The Kier molecular flexibility index (Phi) is 10.9. The Hall–Kier alpha value is -0.580. The molecule has 0 amide bonds. The molecule has 0 aromatic heterocycles. The molecule has 19 heavy (non-hydrogen) atoms. The van der Waals surface area contributed by atoms with Crippen LogP contribution in [-0.4, -0.2) is 28.3 Å². The fourth-order valence-electron chi connectivity index (χ4n) is 2.14. The number of aliphatic carboxylic acids is 1. The van der Waals surface area contributed by atoms with Crippen LogP contribution < -0.4 is 0 Å². The van der Waals surface area contributed by atoms with Crippen LogP contribution >= 0.6 is 11.6 Å². The van der Waals surface area contributed by atoms with Crippen molar-refractivity contribution in [3.63, 3.8) is 0 Å². The molecule has 112 valence electrons. The Morgan fingerprint density at radius 2 is 2.11 bits per heavy atom. The lowest BCUT2D eigenvalue weighted by Crippen LogP contribution is -2.25. The molecule has 0 fully saturated rings. The number of alkyl halides is 1. The summed E-state index contributed by atoms with van der Waals surface area (Å²) in [5.74, 6) is -0.289. The molecule has 0 heterocycles. The summed E-state index contributed by atoms with van der Waals surface area (Å²) in [4.78, 5) is 14.6. The van der Waals surface area contributed by atoms with Crippen molar-refractivity contribution in [2.45, 2.75) is 51.3 Å². The first-order valence-electron chi connectivity index (χ1n) is 6.80. The molecular weight excluding hydrogens is 268 g/mol. The molecule has 0 aromatic rings. The molecule has 0 rings (SSSR count). The van der Waals surface area contributed by atoms with Gasteiger partial charge in [0.2, 0.25) is 0 Å². The highest BCUT2D eigenvalue weighted by Crippen LogP contribution is 2.27. The van der Waals surface area contributed by atoms with E-state index in [1.807, 2.05) is 26.0 Å². The molecule has 0 radical (unpaired) electrons. The van der Waals surface area contributed by atoms with E-state index in [1.165, 1.54) is 0 Å². The smallest absolute Gasteiger partial charge is 0.303 e. The van der Waals surface area contributed by atoms with E-state index < -0.39 is 5.97 Å². The van der Waals surface area contributed by atoms with Crippen molar-refractivity contribution in [1.29, 1.82) is 0 Å². The number of carboxylic acid groups (broad SMARTS) is 1. The molecular formula is C14H25ClO4. The summed E-state index contributed by atoms with van der Waals surface area (Å²) in [6.45, 7) is 4.29. The zero-order valence-electron chi connectivity index (χ0n) is 11.7. The fraction of sp³-hybridized carbons (Fsp3) is 0.786. The van der Waals surface area contributed by atoms with Gasteiger partial charge < -0.3 is 5.11 Å². The molecule has 0 bridgehead atoms. The summed E-state index contributed by atoms with van der Waals surface area (Å²) in [7, 11) is 0. The Balaban J connectivity index is 4.12. The number of hydrogen-bond donors (Lipinski definition) is 2. The van der Waals surface area contributed by atoms with Crippen LogP contribution in [0.15, 0.2) is 12.2 Å². The first kappa shape index (κ1) is 18.4. The molecule has 5 heteroatoms. The van der Waals surface area contributed by atoms with Crippen molar-refractivity contribution in [1.82, 2.24) is 0 Å². The van der Waals surface area contributed by atoms with E-state index in [1.54, 1.807) is 0 Å². The quantitative estimate of drug-likeness (QED) is 0.199. The summed E-state index contributed by atoms with van der Waals surface area (Å²) in [6.07, 6.45) is 7.39. The summed E-state index contributed by atoms with van der Waals surface area (Å²) < 4.78 is 0. The number of rotatable bonds is 11. The molecule has 0 saturated heterocycles. The molecule has 0 aliphatic carbocycles. The van der Waals surface area contributed by atoms with Crippen molar-refractivity contribution >= 4 is 17.6 Å². The third kappa shape index (κ3) is 9.03. The largest absolute Gasteiger partial charge is 0.481 e. The van der Waals surface area contributed by atoms with E-state index in [4.69, 9.17) is 22.0 Å². The van der Waals surface area contributed by atoms with E-state index in [0.717, 1.165) is 19.3 Å². The van der Waals surface area contributed by atoms with E-state index in [9.17, 15) is 4.79 Å². The van der Waals surface area contributed by atoms with E-state index in [0.29, 0.717) is 13.0 Å². The highest BCUT2D eigenvalue weighted by Gasteiger charge is 2.23. The second kappa shape index (κ2) is 11.3. The van der Waals surface area contributed by atoms with Gasteiger partial charge in [-0.15, -0.1) is 11.6 Å². The molecule has 0 unspecified atom stereocenters. The van der Waals surface area contributed by atoms with E-state index in [-0.39, 0.29) is 23.6 Å². The molecule has 3 atom stereocenters. The average Bonchev–Trinajstić information content (AvgIpc) is 2.35. The number of hydrogen-bond acceptors (Lipinski definition) is 3. The molecule has 4 nitrogen and oxygen atoms in total. The van der Waals surface area contributed by atoms with Crippen molar-refractivity contribution in [3.05, 3.63) is 12.2 Å². The summed E-state index contributed by atoms with van der Waals surface area (Å²) in [5, 5.41) is 17.1. The van der Waals surface area contributed by atoms with Gasteiger partial charge in [-0.2, -0.15) is 0 Å². The van der Waals surface area contributed by atoms with Crippen molar-refractivity contribution in [2.24, 2.45) is 11.8 Å². The van der Waals surface area contributed by atoms with Gasteiger partial charge in [-0.3, -0.25) is 10.1 Å². The minimum atomic E-state index is -0.758. The zero-order valence-corrected chi connectivity index (χ0v) is 12.5. The van der Waals surface area contributed by atoms with Gasteiger partial charge in [0.1, 0.15) is 0 Å². The van der Waals surface area contributed by atoms with Gasteiger partial charge in [-0.25, -0.2) is 4.89 Å². The molecule has 0 spiro atoms. The SMILES string of the molecule is CC[C@H](COO)[C@@H](C/C=C\CCCC(=O)O)[C@@H](C)Cl. The maximum atomic E-state index is 10.4. The first-order valence-corrected chi connectivity index (χ1v) is 7.23. The topological polar surface area (TPSA) is 66.8 Å². The maximum absolute atomic E-state index is 10.4. The van der Waals surface area contributed by atoms with Crippen molar-refractivity contribution in [3.8, 4) is 0 Å². The number of allylic oxidation sites excluding steroid dienone is 2. The van der Waals surface area contributed by atoms with Gasteiger partial charge in [-0.1, -0.05) is 25.5 Å². The van der Waals surface area contributed by atoms with Crippen LogP contribution in [-0.2, 0) is 9.68 Å².